The van der Waals surface area contributed by atoms with Gasteiger partial charge in [0, 0.05) is 36.3 Å². The predicted octanol–water partition coefficient (Wildman–Crippen LogP) is 5.41. The van der Waals surface area contributed by atoms with Gasteiger partial charge in [-0.15, -0.1) is 11.3 Å². The Morgan fingerprint density at radius 3 is 2.62 bits per heavy atom. The number of thiophene rings is 1. The molecule has 0 bridgehead atoms. The molecular formula is C16H20Br2N2S. The Hall–Kier alpha value is -0.360. The van der Waals surface area contributed by atoms with E-state index in [9.17, 15) is 0 Å². The number of nitrogens with one attached hydrogen (secondary N) is 1. The molecule has 0 radical (unpaired) electrons. The van der Waals surface area contributed by atoms with E-state index in [1.165, 1.54) is 20.6 Å². The van der Waals surface area contributed by atoms with Crippen LogP contribution in [0, 0.1) is 0 Å². The van der Waals surface area contributed by atoms with Gasteiger partial charge in [-0.1, -0.05) is 29.8 Å². The van der Waals surface area contributed by atoms with E-state index < -0.39 is 0 Å². The van der Waals surface area contributed by atoms with E-state index in [1.54, 1.807) is 11.3 Å². The summed E-state index contributed by atoms with van der Waals surface area (Å²) < 4.78 is 2.31. The van der Waals surface area contributed by atoms with Crippen LogP contribution in [0.2, 0.25) is 0 Å². The Morgan fingerprint density at radius 1 is 1.24 bits per heavy atom. The quantitative estimate of drug-likeness (QED) is 0.657. The first kappa shape index (κ1) is 17.0. The monoisotopic (exact) mass is 430 g/mol. The van der Waals surface area contributed by atoms with E-state index in [0.29, 0.717) is 6.04 Å². The average molecular weight is 432 g/mol. The number of nitrogens with zero attached hydrogens (tertiary/aromatic N) is 1. The van der Waals surface area contributed by atoms with Crippen LogP contribution in [-0.2, 0) is 13.1 Å². The smallest absolute Gasteiger partial charge is 0.0701 e. The van der Waals surface area contributed by atoms with Gasteiger partial charge in [-0.3, -0.25) is 0 Å². The minimum atomic E-state index is 0.481. The van der Waals surface area contributed by atoms with E-state index in [4.69, 9.17) is 0 Å². The third kappa shape index (κ3) is 5.09. The van der Waals surface area contributed by atoms with E-state index >= 15 is 0 Å². The van der Waals surface area contributed by atoms with Gasteiger partial charge in [0.05, 0.1) is 3.79 Å². The molecular weight excluding hydrogens is 412 g/mol. The number of hydrogen-bond donors (Lipinski definition) is 1. The fourth-order valence-electron chi connectivity index (χ4n) is 2.17. The highest BCUT2D eigenvalue weighted by Crippen LogP contribution is 2.27. The molecule has 0 spiro atoms. The topological polar surface area (TPSA) is 15.3 Å². The van der Waals surface area contributed by atoms with Crippen molar-refractivity contribution in [3.63, 3.8) is 0 Å². The number of anilines is 1. The summed E-state index contributed by atoms with van der Waals surface area (Å²) in [6, 6.07) is 9.16. The van der Waals surface area contributed by atoms with E-state index in [-0.39, 0.29) is 0 Å². The summed E-state index contributed by atoms with van der Waals surface area (Å²) in [6.45, 7) is 6.14. The molecule has 0 aliphatic rings. The normalized spacial score (nSPS) is 11.1. The Morgan fingerprint density at radius 2 is 2.00 bits per heavy atom. The number of rotatable bonds is 6. The van der Waals surface area contributed by atoms with Crippen LogP contribution >= 0.6 is 43.2 Å². The second-order valence-corrected chi connectivity index (χ2v) is 8.63. The van der Waals surface area contributed by atoms with Gasteiger partial charge in [0.15, 0.2) is 0 Å². The van der Waals surface area contributed by atoms with Gasteiger partial charge in [0.2, 0.25) is 0 Å². The molecule has 114 valence electrons. The summed E-state index contributed by atoms with van der Waals surface area (Å²) in [5, 5.41) is 5.70. The first-order valence-corrected chi connectivity index (χ1v) is 9.38. The molecule has 0 atom stereocenters. The van der Waals surface area contributed by atoms with Crippen LogP contribution in [0.15, 0.2) is 37.9 Å². The molecule has 0 unspecified atom stereocenters. The van der Waals surface area contributed by atoms with Crippen molar-refractivity contribution >= 4 is 48.9 Å². The van der Waals surface area contributed by atoms with Crippen molar-refractivity contribution in [3.05, 3.63) is 49.0 Å². The molecule has 2 nitrogen and oxygen atoms in total. The fraction of sp³-hybridized carbons (Fsp3) is 0.375. The molecule has 1 N–H and O–H groups in total. The summed E-state index contributed by atoms with van der Waals surface area (Å²) >= 11 is 8.83. The van der Waals surface area contributed by atoms with Crippen molar-refractivity contribution < 1.29 is 0 Å². The Kier molecular flexibility index (Phi) is 6.29. The lowest BCUT2D eigenvalue weighted by atomic mass is 10.1. The van der Waals surface area contributed by atoms with Crippen molar-refractivity contribution in [2.75, 3.05) is 11.9 Å². The Bertz CT molecular complexity index is 596. The highest BCUT2D eigenvalue weighted by molar-refractivity contribution is 9.11. The predicted molar refractivity (Wildman–Crippen MR) is 100 cm³/mol. The molecule has 0 saturated heterocycles. The minimum Gasteiger partial charge on any atom is -0.370 e. The second-order valence-electron chi connectivity index (χ2n) is 5.42. The zero-order valence-electron chi connectivity index (χ0n) is 12.5. The SMILES string of the molecule is CC(C)NCc1cc(Br)ccc1N(C)Cc1csc(Br)c1. The highest BCUT2D eigenvalue weighted by Gasteiger charge is 2.10. The van der Waals surface area contributed by atoms with Crippen LogP contribution in [0.3, 0.4) is 0 Å². The molecule has 0 saturated carbocycles. The Labute approximate surface area is 147 Å². The third-order valence-corrected chi connectivity index (χ3v) is 5.24. The summed E-state index contributed by atoms with van der Waals surface area (Å²) in [6.07, 6.45) is 0. The highest BCUT2D eigenvalue weighted by atomic mass is 79.9. The maximum Gasteiger partial charge on any atom is 0.0701 e. The van der Waals surface area contributed by atoms with Crippen molar-refractivity contribution in [2.45, 2.75) is 33.0 Å². The molecule has 5 heteroatoms. The summed E-state index contributed by atoms with van der Waals surface area (Å²) in [5.41, 5.74) is 3.92. The first-order chi connectivity index (χ1) is 9.95. The lowest BCUT2D eigenvalue weighted by Gasteiger charge is -2.23. The summed E-state index contributed by atoms with van der Waals surface area (Å²) in [5.74, 6) is 0. The van der Waals surface area contributed by atoms with Crippen molar-refractivity contribution in [1.29, 1.82) is 0 Å². The van der Waals surface area contributed by atoms with Crippen LogP contribution in [-0.4, -0.2) is 13.1 Å². The van der Waals surface area contributed by atoms with Crippen LogP contribution < -0.4 is 10.2 Å². The molecule has 0 aliphatic carbocycles. The summed E-state index contributed by atoms with van der Waals surface area (Å²) in [7, 11) is 2.15. The Balaban J connectivity index is 2.16. The van der Waals surface area contributed by atoms with Crippen LogP contribution in [0.4, 0.5) is 5.69 Å². The molecule has 21 heavy (non-hydrogen) atoms. The zero-order chi connectivity index (χ0) is 15.4. The van der Waals surface area contributed by atoms with Crippen LogP contribution in [0.5, 0.6) is 0 Å². The number of halogens is 2. The maximum atomic E-state index is 3.57. The largest absolute Gasteiger partial charge is 0.370 e. The lowest BCUT2D eigenvalue weighted by molar-refractivity contribution is 0.588. The molecule has 1 aromatic heterocycles. The van der Waals surface area contributed by atoms with Gasteiger partial charge in [0.25, 0.3) is 0 Å². The zero-order valence-corrected chi connectivity index (χ0v) is 16.5. The van der Waals surface area contributed by atoms with E-state index in [1.807, 2.05) is 0 Å². The molecule has 1 aromatic carbocycles. The van der Waals surface area contributed by atoms with Gasteiger partial charge in [-0.2, -0.15) is 0 Å². The van der Waals surface area contributed by atoms with Crippen LogP contribution in [0.25, 0.3) is 0 Å². The van der Waals surface area contributed by atoms with Crippen molar-refractivity contribution in [2.24, 2.45) is 0 Å². The van der Waals surface area contributed by atoms with E-state index in [0.717, 1.165) is 17.6 Å². The molecule has 0 fully saturated rings. The van der Waals surface area contributed by atoms with Crippen molar-refractivity contribution in [3.8, 4) is 0 Å². The van der Waals surface area contributed by atoms with Gasteiger partial charge in [0.1, 0.15) is 0 Å². The lowest BCUT2D eigenvalue weighted by Crippen LogP contribution is -2.24. The van der Waals surface area contributed by atoms with E-state index in [2.05, 4.69) is 92.6 Å². The van der Waals surface area contributed by atoms with Gasteiger partial charge < -0.3 is 10.2 Å². The maximum absolute atomic E-state index is 3.57. The molecule has 0 aliphatic heterocycles. The molecule has 0 amide bonds. The third-order valence-electron chi connectivity index (χ3n) is 3.20. The van der Waals surface area contributed by atoms with Gasteiger partial charge in [-0.25, -0.2) is 0 Å². The summed E-state index contributed by atoms with van der Waals surface area (Å²) in [4.78, 5) is 2.30. The van der Waals surface area contributed by atoms with Crippen LogP contribution in [0.1, 0.15) is 25.0 Å². The van der Waals surface area contributed by atoms with Crippen molar-refractivity contribution in [1.82, 2.24) is 5.32 Å². The number of benzene rings is 1. The average Bonchev–Trinajstić information content (AvgIpc) is 2.81. The minimum absolute atomic E-state index is 0.481. The first-order valence-electron chi connectivity index (χ1n) is 6.91. The molecule has 1 heterocycles. The van der Waals surface area contributed by atoms with Gasteiger partial charge >= 0.3 is 0 Å². The standard InChI is InChI=1S/C16H20Br2N2S/c1-11(2)19-8-13-7-14(17)4-5-15(13)20(3)9-12-6-16(18)21-10-12/h4-7,10-11,19H,8-9H2,1-3H3. The number of hydrogen-bond acceptors (Lipinski definition) is 3. The molecule has 2 rings (SSSR count). The fourth-order valence-corrected chi connectivity index (χ4v) is 3.78. The second kappa shape index (κ2) is 7.77. The van der Waals surface area contributed by atoms with Gasteiger partial charge in [-0.05, 0) is 56.7 Å². The molecule has 2 aromatic rings.